The van der Waals surface area contributed by atoms with Crippen molar-refractivity contribution in [1.29, 1.82) is 0 Å². The van der Waals surface area contributed by atoms with Crippen molar-refractivity contribution < 1.29 is 9.00 Å². The Morgan fingerprint density at radius 2 is 1.92 bits per heavy atom. The van der Waals surface area contributed by atoms with Gasteiger partial charge in [-0.05, 0) is 18.9 Å². The van der Waals surface area contributed by atoms with E-state index in [9.17, 15) is 9.00 Å². The lowest BCUT2D eigenvalue weighted by molar-refractivity contribution is 0.0983. The first-order valence-corrected chi connectivity index (χ1v) is 5.46. The fourth-order valence-electron chi connectivity index (χ4n) is 1.88. The highest BCUT2D eigenvalue weighted by molar-refractivity contribution is 7.88. The quantitative estimate of drug-likeness (QED) is 0.624. The van der Waals surface area contributed by atoms with Crippen LogP contribution in [0.15, 0.2) is 29.2 Å². The molecule has 2 nitrogen and oxygen atoms in total. The molecule has 3 heteroatoms. The van der Waals surface area contributed by atoms with E-state index in [2.05, 4.69) is 0 Å². The molecule has 0 radical (unpaired) electrons. The molecular formula is C10H8O2S. The van der Waals surface area contributed by atoms with E-state index >= 15 is 0 Å². The molecule has 2 aliphatic rings. The van der Waals surface area contributed by atoms with Gasteiger partial charge in [0.1, 0.15) is 4.75 Å². The van der Waals surface area contributed by atoms with E-state index in [1.807, 2.05) is 12.1 Å². The SMILES string of the molecule is O=C1c2ccccc2S(=O)C12CC2. The molecular weight excluding hydrogens is 184 g/mol. The maximum absolute atomic E-state index is 11.9. The molecule has 0 N–H and O–H groups in total. The summed E-state index contributed by atoms with van der Waals surface area (Å²) in [5.74, 6) is 0.0985. The summed E-state index contributed by atoms with van der Waals surface area (Å²) in [7, 11) is -1.08. The van der Waals surface area contributed by atoms with Gasteiger partial charge in [0.2, 0.25) is 0 Å². The van der Waals surface area contributed by atoms with Gasteiger partial charge in [0, 0.05) is 5.56 Å². The van der Waals surface area contributed by atoms with Crippen LogP contribution in [0.25, 0.3) is 0 Å². The van der Waals surface area contributed by atoms with Crippen LogP contribution in [-0.4, -0.2) is 14.7 Å². The molecule has 1 spiro atoms. The molecule has 1 heterocycles. The first kappa shape index (κ1) is 7.44. The molecule has 1 saturated carbocycles. The fraction of sp³-hybridized carbons (Fsp3) is 0.300. The standard InChI is InChI=1S/C10H8O2S/c11-9-7-3-1-2-4-8(7)13(12)10(9)5-6-10/h1-4H,5-6H2. The molecule has 0 aromatic heterocycles. The lowest BCUT2D eigenvalue weighted by Crippen LogP contribution is -2.19. The van der Waals surface area contributed by atoms with Gasteiger partial charge in [0.05, 0.1) is 15.7 Å². The summed E-state index contributed by atoms with van der Waals surface area (Å²) in [5.41, 5.74) is 0.679. The van der Waals surface area contributed by atoms with Crippen LogP contribution >= 0.6 is 0 Å². The van der Waals surface area contributed by atoms with Crippen molar-refractivity contribution >= 4 is 16.6 Å². The highest BCUT2D eigenvalue weighted by Crippen LogP contribution is 2.51. The Bertz CT molecular complexity index is 395. The smallest absolute Gasteiger partial charge is 0.183 e. The van der Waals surface area contributed by atoms with Gasteiger partial charge >= 0.3 is 0 Å². The van der Waals surface area contributed by atoms with Gasteiger partial charge in [-0.2, -0.15) is 0 Å². The number of ketones is 1. The van der Waals surface area contributed by atoms with Gasteiger partial charge in [-0.15, -0.1) is 0 Å². The largest absolute Gasteiger partial charge is 0.292 e. The highest BCUT2D eigenvalue weighted by Gasteiger charge is 2.60. The van der Waals surface area contributed by atoms with Gasteiger partial charge in [-0.25, -0.2) is 0 Å². The van der Waals surface area contributed by atoms with Crippen molar-refractivity contribution in [2.24, 2.45) is 0 Å². The number of hydrogen-bond donors (Lipinski definition) is 0. The molecule has 13 heavy (non-hydrogen) atoms. The predicted octanol–water partition coefficient (Wildman–Crippen LogP) is 1.52. The first-order chi connectivity index (χ1) is 6.26. The predicted molar refractivity (Wildman–Crippen MR) is 49.1 cm³/mol. The van der Waals surface area contributed by atoms with Crippen molar-refractivity contribution in [3.63, 3.8) is 0 Å². The van der Waals surface area contributed by atoms with Crippen LogP contribution in [0, 0.1) is 0 Å². The maximum atomic E-state index is 11.9. The van der Waals surface area contributed by atoms with Crippen molar-refractivity contribution in [2.75, 3.05) is 0 Å². The first-order valence-electron chi connectivity index (χ1n) is 4.31. The molecule has 1 unspecified atom stereocenters. The molecule has 1 aromatic rings. The molecule has 0 amide bonds. The Hall–Kier alpha value is -0.960. The third-order valence-electron chi connectivity index (χ3n) is 2.80. The second kappa shape index (κ2) is 2.10. The van der Waals surface area contributed by atoms with Crippen LogP contribution in [0.4, 0.5) is 0 Å². The summed E-state index contributed by atoms with van der Waals surface area (Å²) in [4.78, 5) is 12.5. The molecule has 1 fully saturated rings. The van der Waals surface area contributed by atoms with E-state index in [-0.39, 0.29) is 5.78 Å². The molecule has 66 valence electrons. The number of rotatable bonds is 0. The Morgan fingerprint density at radius 1 is 1.23 bits per heavy atom. The summed E-state index contributed by atoms with van der Waals surface area (Å²) in [6, 6.07) is 7.25. The van der Waals surface area contributed by atoms with E-state index in [0.717, 1.165) is 17.7 Å². The van der Waals surface area contributed by atoms with Gasteiger partial charge in [0.15, 0.2) is 5.78 Å². The zero-order valence-corrected chi connectivity index (χ0v) is 7.76. The number of Topliss-reactive ketones (excluding diaryl/α,β-unsaturated/α-hetero) is 1. The van der Waals surface area contributed by atoms with E-state index in [1.54, 1.807) is 12.1 Å². The monoisotopic (exact) mass is 192 g/mol. The Morgan fingerprint density at radius 3 is 2.54 bits per heavy atom. The number of carbonyl (C=O) groups excluding carboxylic acids is 1. The van der Waals surface area contributed by atoms with Crippen LogP contribution in [0.1, 0.15) is 23.2 Å². The van der Waals surface area contributed by atoms with Crippen LogP contribution in [0.3, 0.4) is 0 Å². The maximum Gasteiger partial charge on any atom is 0.183 e. The van der Waals surface area contributed by atoms with Crippen LogP contribution in [0.5, 0.6) is 0 Å². The van der Waals surface area contributed by atoms with Crippen LogP contribution < -0.4 is 0 Å². The number of benzene rings is 1. The summed E-state index contributed by atoms with van der Waals surface area (Å²) >= 11 is 0. The number of carbonyl (C=O) groups is 1. The van der Waals surface area contributed by atoms with E-state index < -0.39 is 15.5 Å². The van der Waals surface area contributed by atoms with Gasteiger partial charge < -0.3 is 0 Å². The minimum Gasteiger partial charge on any atom is -0.292 e. The molecule has 1 aliphatic heterocycles. The third kappa shape index (κ3) is 0.735. The van der Waals surface area contributed by atoms with E-state index in [0.29, 0.717) is 5.56 Å². The van der Waals surface area contributed by atoms with E-state index in [4.69, 9.17) is 0 Å². The Kier molecular flexibility index (Phi) is 1.20. The average Bonchev–Trinajstić information content (AvgIpc) is 2.93. The number of fused-ring (bicyclic) bond motifs is 1. The summed E-state index contributed by atoms with van der Waals surface area (Å²) in [6.07, 6.45) is 1.60. The van der Waals surface area contributed by atoms with Gasteiger partial charge in [-0.3, -0.25) is 9.00 Å². The summed E-state index contributed by atoms with van der Waals surface area (Å²) in [5, 5.41) is 0. The molecule has 3 rings (SSSR count). The molecule has 0 bridgehead atoms. The lowest BCUT2D eigenvalue weighted by Gasteiger charge is -1.98. The van der Waals surface area contributed by atoms with Crippen molar-refractivity contribution in [3.05, 3.63) is 29.8 Å². The van der Waals surface area contributed by atoms with Crippen molar-refractivity contribution in [3.8, 4) is 0 Å². The lowest BCUT2D eigenvalue weighted by atomic mass is 10.1. The zero-order valence-electron chi connectivity index (χ0n) is 6.95. The minimum absolute atomic E-state index is 0.0985. The van der Waals surface area contributed by atoms with Crippen molar-refractivity contribution in [1.82, 2.24) is 0 Å². The van der Waals surface area contributed by atoms with Gasteiger partial charge in [0.25, 0.3) is 0 Å². The molecule has 0 saturated heterocycles. The Labute approximate surface area is 78.4 Å². The molecule has 1 aromatic carbocycles. The van der Waals surface area contributed by atoms with Crippen LogP contribution in [-0.2, 0) is 10.8 Å². The highest BCUT2D eigenvalue weighted by atomic mass is 32.2. The molecule has 1 atom stereocenters. The Balaban J connectivity index is 2.30. The number of hydrogen-bond acceptors (Lipinski definition) is 2. The second-order valence-corrected chi connectivity index (χ2v) is 5.35. The summed E-state index contributed by atoms with van der Waals surface area (Å²) in [6.45, 7) is 0. The fourth-order valence-corrected chi connectivity index (χ4v) is 3.62. The average molecular weight is 192 g/mol. The topological polar surface area (TPSA) is 34.1 Å². The minimum atomic E-state index is -1.08. The van der Waals surface area contributed by atoms with E-state index in [1.165, 1.54) is 0 Å². The normalized spacial score (nSPS) is 27.7. The van der Waals surface area contributed by atoms with Crippen molar-refractivity contribution in [2.45, 2.75) is 22.5 Å². The van der Waals surface area contributed by atoms with Gasteiger partial charge in [-0.1, -0.05) is 18.2 Å². The second-order valence-electron chi connectivity index (χ2n) is 3.59. The zero-order chi connectivity index (χ0) is 9.05. The summed E-state index contributed by atoms with van der Waals surface area (Å²) < 4.78 is 11.4. The third-order valence-corrected chi connectivity index (χ3v) is 4.86. The molecule has 1 aliphatic carbocycles. The van der Waals surface area contributed by atoms with Crippen LogP contribution in [0.2, 0.25) is 0 Å².